The second-order valence-electron chi connectivity index (χ2n) is 7.85. The summed E-state index contributed by atoms with van der Waals surface area (Å²) >= 11 is 1.35. The van der Waals surface area contributed by atoms with E-state index in [0.29, 0.717) is 4.88 Å². The summed E-state index contributed by atoms with van der Waals surface area (Å²) in [5, 5.41) is 3.00. The lowest BCUT2D eigenvalue weighted by molar-refractivity contribution is 0.102. The van der Waals surface area contributed by atoms with Crippen molar-refractivity contribution in [3.8, 4) is 11.3 Å². The molecule has 0 spiro atoms. The van der Waals surface area contributed by atoms with Gasteiger partial charge < -0.3 is 10.2 Å². The molecule has 1 saturated heterocycles. The molecular formula is C24H23FN4OS. The van der Waals surface area contributed by atoms with Crippen LogP contribution in [0.1, 0.15) is 34.6 Å². The molecular weight excluding hydrogens is 411 g/mol. The Labute approximate surface area is 184 Å². The van der Waals surface area contributed by atoms with E-state index in [2.05, 4.69) is 27.3 Å². The second-order valence-corrected chi connectivity index (χ2v) is 8.83. The number of halogens is 1. The maximum atomic E-state index is 13.2. The molecule has 4 aromatic rings. The fraction of sp³-hybridized carbons (Fsp3) is 0.250. The van der Waals surface area contributed by atoms with Crippen LogP contribution in [-0.4, -0.2) is 28.4 Å². The van der Waals surface area contributed by atoms with Crippen LogP contribution in [-0.2, 0) is 0 Å². The summed E-state index contributed by atoms with van der Waals surface area (Å²) in [4.78, 5) is 21.3. The number of anilines is 2. The third kappa shape index (κ3) is 3.93. The topological polar surface area (TPSA) is 49.6 Å². The van der Waals surface area contributed by atoms with Crippen LogP contribution in [0, 0.1) is 12.7 Å². The van der Waals surface area contributed by atoms with Crippen molar-refractivity contribution in [1.82, 2.24) is 9.38 Å². The van der Waals surface area contributed by atoms with Crippen LogP contribution < -0.4 is 10.2 Å². The van der Waals surface area contributed by atoms with E-state index in [4.69, 9.17) is 0 Å². The van der Waals surface area contributed by atoms with Crippen molar-refractivity contribution < 1.29 is 9.18 Å². The first-order chi connectivity index (χ1) is 15.1. The molecule has 0 saturated carbocycles. The van der Waals surface area contributed by atoms with E-state index in [9.17, 15) is 9.18 Å². The monoisotopic (exact) mass is 434 g/mol. The maximum Gasteiger partial charge on any atom is 0.267 e. The fourth-order valence-electron chi connectivity index (χ4n) is 4.02. The average Bonchev–Trinajstić information content (AvgIpc) is 3.35. The Morgan fingerprint density at radius 1 is 1.03 bits per heavy atom. The third-order valence-corrected chi connectivity index (χ3v) is 6.90. The number of hydrogen-bond acceptors (Lipinski definition) is 4. The molecule has 0 bridgehead atoms. The highest BCUT2D eigenvalue weighted by Crippen LogP contribution is 2.28. The van der Waals surface area contributed by atoms with Gasteiger partial charge in [-0.3, -0.25) is 9.20 Å². The Kier molecular flexibility index (Phi) is 5.19. The Morgan fingerprint density at radius 2 is 1.74 bits per heavy atom. The maximum absolute atomic E-state index is 13.2. The molecule has 0 radical (unpaired) electrons. The second kappa shape index (κ2) is 8.15. The molecule has 1 aliphatic rings. The first-order valence-corrected chi connectivity index (χ1v) is 11.3. The zero-order valence-corrected chi connectivity index (χ0v) is 18.1. The number of carbonyl (C=O) groups is 1. The van der Waals surface area contributed by atoms with Crippen molar-refractivity contribution in [1.29, 1.82) is 0 Å². The number of nitrogens with zero attached hydrogens (tertiary/aromatic N) is 3. The largest absolute Gasteiger partial charge is 0.372 e. The lowest BCUT2D eigenvalue weighted by Gasteiger charge is -2.28. The van der Waals surface area contributed by atoms with Gasteiger partial charge in [0, 0.05) is 41.9 Å². The molecule has 1 amide bonds. The zero-order valence-electron chi connectivity index (χ0n) is 17.3. The van der Waals surface area contributed by atoms with E-state index in [1.807, 2.05) is 29.7 Å². The fourth-order valence-corrected chi connectivity index (χ4v) is 5.02. The van der Waals surface area contributed by atoms with E-state index in [1.165, 1.54) is 48.4 Å². The number of imidazole rings is 1. The zero-order chi connectivity index (χ0) is 21.4. The highest BCUT2D eigenvalue weighted by atomic mass is 32.1. The van der Waals surface area contributed by atoms with Gasteiger partial charge in [-0.15, -0.1) is 0 Å². The number of amides is 1. The highest BCUT2D eigenvalue weighted by Gasteiger charge is 2.19. The highest BCUT2D eigenvalue weighted by molar-refractivity contribution is 7.19. The predicted octanol–water partition coefficient (Wildman–Crippen LogP) is 5.75. The molecule has 1 aliphatic heterocycles. The van der Waals surface area contributed by atoms with Gasteiger partial charge in [0.1, 0.15) is 10.7 Å². The van der Waals surface area contributed by atoms with Gasteiger partial charge in [-0.05, 0) is 74.7 Å². The van der Waals surface area contributed by atoms with Crippen molar-refractivity contribution >= 4 is 33.6 Å². The van der Waals surface area contributed by atoms with Gasteiger partial charge in [-0.2, -0.15) is 0 Å². The van der Waals surface area contributed by atoms with Gasteiger partial charge in [0.15, 0.2) is 4.96 Å². The number of fused-ring (bicyclic) bond motifs is 1. The van der Waals surface area contributed by atoms with Crippen LogP contribution in [0.2, 0.25) is 0 Å². The number of nitrogens with one attached hydrogen (secondary N) is 1. The standard InChI is InChI=1S/C24H23FN4OS/c1-16-22(31-24-27-21(15-29(16)24)17-5-7-18(25)8-6-17)23(30)26-19-9-11-20(12-10-19)28-13-3-2-4-14-28/h5-12,15H,2-4,13-14H2,1H3,(H,26,30). The van der Waals surface area contributed by atoms with Crippen LogP contribution in [0.15, 0.2) is 54.7 Å². The molecule has 7 heteroatoms. The third-order valence-electron chi connectivity index (χ3n) is 5.75. The number of rotatable bonds is 4. The Morgan fingerprint density at radius 3 is 2.42 bits per heavy atom. The smallest absolute Gasteiger partial charge is 0.267 e. The molecule has 0 atom stereocenters. The molecule has 5 rings (SSSR count). The minimum Gasteiger partial charge on any atom is -0.372 e. The van der Waals surface area contributed by atoms with Crippen molar-refractivity contribution in [2.24, 2.45) is 0 Å². The number of aryl methyl sites for hydroxylation is 1. The summed E-state index contributed by atoms with van der Waals surface area (Å²) in [7, 11) is 0. The van der Waals surface area contributed by atoms with E-state index < -0.39 is 0 Å². The van der Waals surface area contributed by atoms with Gasteiger partial charge in [0.25, 0.3) is 5.91 Å². The van der Waals surface area contributed by atoms with Crippen LogP contribution in [0.4, 0.5) is 15.8 Å². The minimum absolute atomic E-state index is 0.137. The van der Waals surface area contributed by atoms with E-state index in [0.717, 1.165) is 40.7 Å². The van der Waals surface area contributed by atoms with Crippen LogP contribution in [0.3, 0.4) is 0 Å². The van der Waals surface area contributed by atoms with Crippen molar-refractivity contribution in [2.45, 2.75) is 26.2 Å². The summed E-state index contributed by atoms with van der Waals surface area (Å²) in [6.07, 6.45) is 5.67. The van der Waals surface area contributed by atoms with Gasteiger partial charge in [-0.25, -0.2) is 9.37 Å². The van der Waals surface area contributed by atoms with Crippen LogP contribution in [0.5, 0.6) is 0 Å². The Bertz CT molecular complexity index is 1220. The molecule has 158 valence electrons. The molecule has 1 fully saturated rings. The molecule has 0 unspecified atom stereocenters. The van der Waals surface area contributed by atoms with Gasteiger partial charge in [0.2, 0.25) is 0 Å². The number of carbonyl (C=O) groups excluding carboxylic acids is 1. The average molecular weight is 435 g/mol. The molecule has 1 N–H and O–H groups in total. The summed E-state index contributed by atoms with van der Waals surface area (Å²) < 4.78 is 15.1. The van der Waals surface area contributed by atoms with Crippen molar-refractivity contribution in [3.63, 3.8) is 0 Å². The lowest BCUT2D eigenvalue weighted by atomic mass is 10.1. The SMILES string of the molecule is Cc1c(C(=O)Nc2ccc(N3CCCCC3)cc2)sc2nc(-c3ccc(F)cc3)cn12. The van der Waals surface area contributed by atoms with Crippen LogP contribution >= 0.6 is 11.3 Å². The van der Waals surface area contributed by atoms with E-state index in [1.54, 1.807) is 12.1 Å². The van der Waals surface area contributed by atoms with Crippen molar-refractivity contribution in [2.75, 3.05) is 23.3 Å². The van der Waals surface area contributed by atoms with Crippen molar-refractivity contribution in [3.05, 3.63) is 71.1 Å². The Hall–Kier alpha value is -3.19. The predicted molar refractivity (Wildman–Crippen MR) is 124 cm³/mol. The minimum atomic E-state index is -0.274. The summed E-state index contributed by atoms with van der Waals surface area (Å²) in [5.41, 5.74) is 4.43. The van der Waals surface area contributed by atoms with E-state index >= 15 is 0 Å². The first-order valence-electron chi connectivity index (χ1n) is 10.5. The number of hydrogen-bond donors (Lipinski definition) is 1. The molecule has 2 aromatic carbocycles. The number of piperidine rings is 1. The number of aromatic nitrogens is 2. The molecule has 3 heterocycles. The molecule has 2 aromatic heterocycles. The quantitative estimate of drug-likeness (QED) is 0.445. The lowest BCUT2D eigenvalue weighted by Crippen LogP contribution is -2.29. The summed E-state index contributed by atoms with van der Waals surface area (Å²) in [6, 6.07) is 14.3. The van der Waals surface area contributed by atoms with E-state index in [-0.39, 0.29) is 11.7 Å². The normalized spacial score (nSPS) is 14.2. The first kappa shape index (κ1) is 19.8. The van der Waals surface area contributed by atoms with Gasteiger partial charge in [0.05, 0.1) is 5.69 Å². The Balaban J connectivity index is 1.33. The van der Waals surface area contributed by atoms with Crippen LogP contribution in [0.25, 0.3) is 16.2 Å². The molecule has 0 aliphatic carbocycles. The number of thiazole rings is 1. The molecule has 5 nitrogen and oxygen atoms in total. The summed E-state index contributed by atoms with van der Waals surface area (Å²) in [5.74, 6) is -0.411. The number of benzene rings is 2. The molecule has 31 heavy (non-hydrogen) atoms. The van der Waals surface area contributed by atoms with Gasteiger partial charge >= 0.3 is 0 Å². The summed E-state index contributed by atoms with van der Waals surface area (Å²) in [6.45, 7) is 4.10. The van der Waals surface area contributed by atoms with Gasteiger partial charge in [-0.1, -0.05) is 11.3 Å².